The van der Waals surface area contributed by atoms with Crippen LogP contribution in [-0.2, 0) is 6.54 Å². The lowest BCUT2D eigenvalue weighted by Crippen LogP contribution is -2.27. The molecule has 0 N–H and O–H groups in total. The molecule has 0 saturated carbocycles. The van der Waals surface area contributed by atoms with E-state index in [0.29, 0.717) is 0 Å². The van der Waals surface area contributed by atoms with E-state index in [1.807, 2.05) is 12.1 Å². The molecule has 0 unspecified atom stereocenters. The van der Waals surface area contributed by atoms with Gasteiger partial charge in [-0.05, 0) is 56.1 Å². The molecular weight excluding hydrogens is 220 g/mol. The van der Waals surface area contributed by atoms with Crippen LogP contribution >= 0.6 is 0 Å². The molecule has 0 aromatic heterocycles. The first-order valence-corrected chi connectivity index (χ1v) is 7.01. The van der Waals surface area contributed by atoms with E-state index in [0.717, 1.165) is 12.1 Å². The zero-order valence-corrected chi connectivity index (χ0v) is 11.3. The molecule has 2 nitrogen and oxygen atoms in total. The minimum absolute atomic E-state index is 0.768. The lowest BCUT2D eigenvalue weighted by molar-refractivity contribution is 0.239. The largest absolute Gasteiger partial charge is 0.299 e. The molecule has 0 spiro atoms. The third-order valence-electron chi connectivity index (χ3n) is 3.81. The summed E-state index contributed by atoms with van der Waals surface area (Å²) >= 11 is 0. The van der Waals surface area contributed by atoms with Gasteiger partial charge in [-0.3, -0.25) is 4.90 Å². The second-order valence-corrected chi connectivity index (χ2v) is 5.30. The molecule has 1 aromatic carbocycles. The Kier molecular flexibility index (Phi) is 4.78. The minimum Gasteiger partial charge on any atom is -0.299 e. The number of aryl methyl sites for hydroxylation is 1. The summed E-state index contributed by atoms with van der Waals surface area (Å²) in [5, 5.41) is 8.88. The maximum Gasteiger partial charge on any atom is 0.0991 e. The van der Waals surface area contributed by atoms with Crippen LogP contribution in [0.4, 0.5) is 0 Å². The van der Waals surface area contributed by atoms with Crippen LogP contribution < -0.4 is 0 Å². The number of likely N-dealkylation sites (tertiary alicyclic amines) is 1. The number of benzene rings is 1. The molecule has 0 bridgehead atoms. The third kappa shape index (κ3) is 3.58. The van der Waals surface area contributed by atoms with Crippen LogP contribution in [-0.4, -0.2) is 18.0 Å². The van der Waals surface area contributed by atoms with Gasteiger partial charge >= 0.3 is 0 Å². The molecule has 1 aliphatic rings. The van der Waals surface area contributed by atoms with Gasteiger partial charge in [0.15, 0.2) is 0 Å². The Bertz CT molecular complexity index is 423. The van der Waals surface area contributed by atoms with Gasteiger partial charge in [0, 0.05) is 6.54 Å². The number of hydrogen-bond acceptors (Lipinski definition) is 2. The van der Waals surface area contributed by atoms with Gasteiger partial charge in [-0.2, -0.15) is 5.26 Å². The van der Waals surface area contributed by atoms with Crippen LogP contribution in [0.15, 0.2) is 18.2 Å². The summed E-state index contributed by atoms with van der Waals surface area (Å²) < 4.78 is 0. The summed E-state index contributed by atoms with van der Waals surface area (Å²) in [5.41, 5.74) is 3.38. The van der Waals surface area contributed by atoms with Gasteiger partial charge < -0.3 is 0 Å². The first-order chi connectivity index (χ1) is 8.79. The van der Waals surface area contributed by atoms with Crippen molar-refractivity contribution in [3.63, 3.8) is 0 Å². The zero-order chi connectivity index (χ0) is 12.8. The molecule has 1 saturated heterocycles. The van der Waals surface area contributed by atoms with Crippen molar-refractivity contribution >= 4 is 0 Å². The van der Waals surface area contributed by atoms with Crippen LogP contribution in [0.1, 0.15) is 48.8 Å². The van der Waals surface area contributed by atoms with Crippen LogP contribution in [0.3, 0.4) is 0 Å². The third-order valence-corrected chi connectivity index (χ3v) is 3.81. The Labute approximate surface area is 110 Å². The molecule has 1 aliphatic heterocycles. The average Bonchev–Trinajstić information content (AvgIpc) is 2.34. The topological polar surface area (TPSA) is 27.0 Å². The summed E-state index contributed by atoms with van der Waals surface area (Å²) in [6.45, 7) is 5.59. The molecule has 2 heteroatoms. The molecule has 0 atom stereocenters. The van der Waals surface area contributed by atoms with E-state index < -0.39 is 0 Å². The smallest absolute Gasteiger partial charge is 0.0991 e. The Morgan fingerprint density at radius 3 is 2.39 bits per heavy atom. The van der Waals surface area contributed by atoms with Gasteiger partial charge in [0.05, 0.1) is 11.6 Å². The fourth-order valence-electron chi connectivity index (χ4n) is 2.65. The average molecular weight is 242 g/mol. The monoisotopic (exact) mass is 242 g/mol. The fraction of sp³-hybridized carbons (Fsp3) is 0.562. The van der Waals surface area contributed by atoms with Crippen molar-refractivity contribution in [2.24, 2.45) is 0 Å². The molecule has 18 heavy (non-hydrogen) atoms. The summed E-state index contributed by atoms with van der Waals surface area (Å²) in [6, 6.07) is 8.26. The Hall–Kier alpha value is -1.33. The molecule has 0 amide bonds. The number of nitrogens with zero attached hydrogens (tertiary/aromatic N) is 2. The molecule has 0 aliphatic carbocycles. The van der Waals surface area contributed by atoms with Crippen molar-refractivity contribution in [2.45, 2.75) is 45.6 Å². The van der Waals surface area contributed by atoms with E-state index in [-0.39, 0.29) is 0 Å². The van der Waals surface area contributed by atoms with E-state index in [1.54, 1.807) is 0 Å². The first-order valence-electron chi connectivity index (χ1n) is 7.01. The van der Waals surface area contributed by atoms with Crippen molar-refractivity contribution in [1.82, 2.24) is 4.90 Å². The summed E-state index contributed by atoms with van der Waals surface area (Å²) in [6.07, 6.45) is 6.82. The molecule has 1 aromatic rings. The van der Waals surface area contributed by atoms with Gasteiger partial charge in [-0.1, -0.05) is 25.3 Å². The zero-order valence-electron chi connectivity index (χ0n) is 11.3. The predicted octanol–water partition coefficient (Wildman–Crippen LogP) is 3.63. The SMILES string of the molecule is Cc1cc(C#N)ccc1CN1CCCCCCC1. The number of nitriles is 1. The molecule has 1 heterocycles. The molecule has 1 fully saturated rings. The maximum absolute atomic E-state index is 8.88. The maximum atomic E-state index is 8.88. The lowest BCUT2D eigenvalue weighted by atomic mass is 10.0. The van der Waals surface area contributed by atoms with Crippen LogP contribution in [0, 0.1) is 18.3 Å². The standard InChI is InChI=1S/C16H22N2/c1-14-11-15(12-17)7-8-16(14)13-18-9-5-3-2-4-6-10-18/h7-8,11H,2-6,9-10,13H2,1H3. The van der Waals surface area contributed by atoms with E-state index >= 15 is 0 Å². The minimum atomic E-state index is 0.768. The second-order valence-electron chi connectivity index (χ2n) is 5.30. The second kappa shape index (κ2) is 6.56. The quantitative estimate of drug-likeness (QED) is 0.791. The van der Waals surface area contributed by atoms with Gasteiger partial charge in [-0.25, -0.2) is 0 Å². The highest BCUT2D eigenvalue weighted by Crippen LogP contribution is 2.16. The highest BCUT2D eigenvalue weighted by molar-refractivity contribution is 5.37. The van der Waals surface area contributed by atoms with Crippen molar-refractivity contribution in [1.29, 1.82) is 5.26 Å². The van der Waals surface area contributed by atoms with Crippen molar-refractivity contribution < 1.29 is 0 Å². The van der Waals surface area contributed by atoms with Gasteiger partial charge in [-0.15, -0.1) is 0 Å². The first kappa shape index (κ1) is 13.1. The Balaban J connectivity index is 2.01. The summed E-state index contributed by atoms with van der Waals surface area (Å²) in [5.74, 6) is 0. The van der Waals surface area contributed by atoms with Crippen molar-refractivity contribution in [3.05, 3.63) is 34.9 Å². The van der Waals surface area contributed by atoms with E-state index in [4.69, 9.17) is 5.26 Å². The summed E-state index contributed by atoms with van der Waals surface area (Å²) in [7, 11) is 0. The van der Waals surface area contributed by atoms with Gasteiger partial charge in [0.1, 0.15) is 0 Å². The molecule has 96 valence electrons. The van der Waals surface area contributed by atoms with Crippen molar-refractivity contribution in [2.75, 3.05) is 13.1 Å². The lowest BCUT2D eigenvalue weighted by Gasteiger charge is -2.25. The van der Waals surface area contributed by atoms with E-state index in [2.05, 4.69) is 24.0 Å². The van der Waals surface area contributed by atoms with Crippen molar-refractivity contribution in [3.8, 4) is 6.07 Å². The van der Waals surface area contributed by atoms with Gasteiger partial charge in [0.25, 0.3) is 0 Å². The predicted molar refractivity (Wildman–Crippen MR) is 74.3 cm³/mol. The van der Waals surface area contributed by atoms with E-state index in [1.165, 1.54) is 56.3 Å². The Morgan fingerprint density at radius 1 is 1.11 bits per heavy atom. The van der Waals surface area contributed by atoms with Crippen LogP contribution in [0.5, 0.6) is 0 Å². The molecular formula is C16H22N2. The highest BCUT2D eigenvalue weighted by atomic mass is 15.1. The fourth-order valence-corrected chi connectivity index (χ4v) is 2.65. The normalized spacial score (nSPS) is 17.8. The summed E-state index contributed by atoms with van der Waals surface area (Å²) in [4.78, 5) is 2.56. The number of rotatable bonds is 2. The van der Waals surface area contributed by atoms with Crippen LogP contribution in [0.2, 0.25) is 0 Å². The molecule has 2 rings (SSSR count). The Morgan fingerprint density at radius 2 is 1.78 bits per heavy atom. The number of hydrogen-bond donors (Lipinski definition) is 0. The highest BCUT2D eigenvalue weighted by Gasteiger charge is 2.10. The van der Waals surface area contributed by atoms with E-state index in [9.17, 15) is 0 Å². The molecule has 0 radical (unpaired) electrons. The van der Waals surface area contributed by atoms with Gasteiger partial charge in [0.2, 0.25) is 0 Å². The van der Waals surface area contributed by atoms with Crippen LogP contribution in [0.25, 0.3) is 0 Å².